The Bertz CT molecular complexity index is 1320. The summed E-state index contributed by atoms with van der Waals surface area (Å²) in [6.45, 7) is 6.56. The molecule has 0 aliphatic heterocycles. The number of carbonyl (C=O) groups is 3. The van der Waals surface area contributed by atoms with E-state index in [4.69, 9.17) is 16.3 Å². The number of nitrogens with one attached hydrogen (secondary N) is 1. The van der Waals surface area contributed by atoms with Gasteiger partial charge in [0.1, 0.15) is 18.0 Å². The molecular formula is C33H44Cl2FNO7. The van der Waals surface area contributed by atoms with E-state index in [1.54, 1.807) is 39.0 Å². The van der Waals surface area contributed by atoms with Gasteiger partial charge in [-0.1, -0.05) is 37.6 Å². The lowest BCUT2D eigenvalue weighted by atomic mass is 9.44. The minimum absolute atomic E-state index is 0. The van der Waals surface area contributed by atoms with Crippen molar-refractivity contribution in [2.45, 2.75) is 76.1 Å². The molecule has 9 atom stereocenters. The number of aliphatic hydroxyl groups is 3. The summed E-state index contributed by atoms with van der Waals surface area (Å²) >= 11 is 6.09. The van der Waals surface area contributed by atoms with Gasteiger partial charge in [0.15, 0.2) is 17.2 Å². The highest BCUT2D eigenvalue weighted by Crippen LogP contribution is 2.70. The highest BCUT2D eigenvalue weighted by Gasteiger charge is 2.75. The van der Waals surface area contributed by atoms with Crippen molar-refractivity contribution in [3.8, 4) is 5.75 Å². The Kier molecular flexibility index (Phi) is 11.0. The first-order valence-corrected chi connectivity index (χ1v) is 15.3. The quantitative estimate of drug-likeness (QED) is 0.201. The predicted octanol–water partition coefficient (Wildman–Crippen LogP) is 4.43. The van der Waals surface area contributed by atoms with Crippen molar-refractivity contribution in [2.24, 2.45) is 28.6 Å². The first-order chi connectivity index (χ1) is 20.1. The topological polar surface area (TPSA) is 133 Å². The first-order valence-electron chi connectivity index (χ1n) is 14.8. The van der Waals surface area contributed by atoms with E-state index >= 15 is 4.39 Å². The van der Waals surface area contributed by atoms with Crippen LogP contribution in [0.25, 0.3) is 0 Å². The molecule has 4 aliphatic carbocycles. The number of ether oxygens (including phenoxy) is 1. The van der Waals surface area contributed by atoms with Crippen LogP contribution in [0.3, 0.4) is 0 Å². The number of halogens is 3. The molecule has 0 saturated heterocycles. The minimum atomic E-state index is -1.98. The van der Waals surface area contributed by atoms with Crippen LogP contribution in [-0.2, 0) is 14.4 Å². The van der Waals surface area contributed by atoms with E-state index in [1.807, 2.05) is 19.2 Å². The van der Waals surface area contributed by atoms with Crippen LogP contribution in [0.4, 0.5) is 4.39 Å². The Morgan fingerprint density at radius 2 is 1.84 bits per heavy atom. The normalized spacial score (nSPS) is 37.6. The van der Waals surface area contributed by atoms with Crippen LogP contribution in [0.2, 0.25) is 0 Å². The second-order valence-electron chi connectivity index (χ2n) is 12.9. The second kappa shape index (κ2) is 13.3. The lowest BCUT2D eigenvalue weighted by Crippen LogP contribution is -2.69. The highest BCUT2D eigenvalue weighted by molar-refractivity contribution is 6.21. The van der Waals surface area contributed by atoms with Crippen molar-refractivity contribution in [3.63, 3.8) is 0 Å². The van der Waals surface area contributed by atoms with Gasteiger partial charge in [-0.15, -0.1) is 24.0 Å². The number of allylic oxidation sites excluding steroid dienone is 4. The third kappa shape index (κ3) is 5.69. The van der Waals surface area contributed by atoms with Crippen molar-refractivity contribution >= 4 is 41.5 Å². The molecule has 0 amide bonds. The average molecular weight is 657 g/mol. The number of hydrogen-bond donors (Lipinski definition) is 4. The zero-order chi connectivity index (χ0) is 32.0. The van der Waals surface area contributed by atoms with Crippen molar-refractivity contribution in [3.05, 3.63) is 53.6 Å². The van der Waals surface area contributed by atoms with Gasteiger partial charge in [0, 0.05) is 30.2 Å². The molecule has 0 bridgehead atoms. The van der Waals surface area contributed by atoms with Crippen molar-refractivity contribution < 1.29 is 38.8 Å². The number of Topliss-reactive ketones (excluding diaryl/α,β-unsaturated/α-hetero) is 1. The lowest BCUT2D eigenvalue weighted by molar-refractivity contribution is -0.219. The molecule has 0 heterocycles. The van der Waals surface area contributed by atoms with E-state index in [0.29, 0.717) is 37.1 Å². The first kappa shape index (κ1) is 36.3. The molecule has 4 N–H and O–H groups in total. The molecular weight excluding hydrogens is 612 g/mol. The molecule has 4 aliphatic rings. The molecule has 8 nitrogen and oxygen atoms in total. The van der Waals surface area contributed by atoms with Crippen LogP contribution in [-0.4, -0.2) is 70.4 Å². The van der Waals surface area contributed by atoms with Crippen molar-refractivity contribution in [1.82, 2.24) is 5.32 Å². The SMILES string of the molecule is CNCC(Cl)c1ccc(OC(C)=O)cc1.C[C@@H]1C[C@H]2[C@@H]3CCC4=CC(=O)C=C[C@]4(C)[C@@]3(F)[C@@H](O)C[C@]2(C)[C@@]1(O)C(=O)CO.Cl. The maximum atomic E-state index is 16.9. The van der Waals surface area contributed by atoms with Gasteiger partial charge in [-0.25, -0.2) is 4.39 Å². The van der Waals surface area contributed by atoms with Crippen LogP contribution in [0, 0.1) is 28.6 Å². The zero-order valence-electron chi connectivity index (χ0n) is 25.8. The van der Waals surface area contributed by atoms with Crippen LogP contribution in [0.5, 0.6) is 5.75 Å². The van der Waals surface area contributed by atoms with E-state index in [9.17, 15) is 29.7 Å². The Labute approximate surface area is 269 Å². The fourth-order valence-electron chi connectivity index (χ4n) is 8.47. The third-order valence-electron chi connectivity index (χ3n) is 10.7. The van der Waals surface area contributed by atoms with Gasteiger partial charge in [0.05, 0.1) is 11.5 Å². The number of benzene rings is 1. The van der Waals surface area contributed by atoms with Crippen LogP contribution in [0.1, 0.15) is 64.3 Å². The van der Waals surface area contributed by atoms with Crippen molar-refractivity contribution in [1.29, 1.82) is 0 Å². The van der Waals surface area contributed by atoms with Gasteiger partial charge in [-0.3, -0.25) is 14.4 Å². The third-order valence-corrected chi connectivity index (χ3v) is 11.1. The number of hydrogen-bond acceptors (Lipinski definition) is 8. The number of likely N-dealkylation sites (N-methyl/N-ethyl adjacent to an activating group) is 1. The predicted molar refractivity (Wildman–Crippen MR) is 167 cm³/mol. The summed E-state index contributed by atoms with van der Waals surface area (Å²) < 4.78 is 21.8. The monoisotopic (exact) mass is 655 g/mol. The maximum absolute atomic E-state index is 16.9. The van der Waals surface area contributed by atoms with Crippen LogP contribution >= 0.6 is 24.0 Å². The minimum Gasteiger partial charge on any atom is -0.427 e. The standard InChI is InChI=1S/C22H29FO5.C11H14ClNO2.ClH/c1-12-8-16-15-5-4-13-9-14(25)6-7-19(13,2)21(15,23)17(26)10-20(16,3)22(12,28)18(27)11-24;1-8(14)15-10-5-3-9(4-6-10)11(12)7-13-2;/h6-7,9,12,15-17,24,26,28H,4-5,8,10-11H2,1-3H3;3-6,11,13H,7H2,1-2H3;1H/t12-,15+,16+,17+,19+,20+,21+,22+;;/m1../s1. The van der Waals surface area contributed by atoms with Gasteiger partial charge in [-0.05, 0) is 81.3 Å². The Morgan fingerprint density at radius 3 is 2.41 bits per heavy atom. The molecule has 44 heavy (non-hydrogen) atoms. The Morgan fingerprint density at radius 1 is 1.20 bits per heavy atom. The van der Waals surface area contributed by atoms with E-state index in [1.165, 1.54) is 19.1 Å². The summed E-state index contributed by atoms with van der Waals surface area (Å²) in [5.41, 5.74) is -4.17. The molecule has 5 rings (SSSR count). The maximum Gasteiger partial charge on any atom is 0.308 e. The van der Waals surface area contributed by atoms with Crippen molar-refractivity contribution in [2.75, 3.05) is 20.2 Å². The summed E-state index contributed by atoms with van der Waals surface area (Å²) in [4.78, 5) is 35.1. The lowest BCUT2D eigenvalue weighted by Gasteiger charge is -2.62. The van der Waals surface area contributed by atoms with Crippen LogP contribution < -0.4 is 10.1 Å². The number of rotatable bonds is 6. The second-order valence-corrected chi connectivity index (χ2v) is 13.5. The molecule has 0 aromatic heterocycles. The molecule has 3 fully saturated rings. The molecule has 0 spiro atoms. The summed E-state index contributed by atoms with van der Waals surface area (Å²) in [6.07, 6.45) is 4.44. The summed E-state index contributed by atoms with van der Waals surface area (Å²) in [5, 5.41) is 34.9. The molecule has 1 unspecified atom stereocenters. The summed E-state index contributed by atoms with van der Waals surface area (Å²) in [5.74, 6) is -1.90. The number of ketones is 2. The molecule has 11 heteroatoms. The van der Waals surface area contributed by atoms with Crippen LogP contribution in [0.15, 0.2) is 48.1 Å². The largest absolute Gasteiger partial charge is 0.427 e. The summed E-state index contributed by atoms with van der Waals surface area (Å²) in [6, 6.07) is 7.18. The Balaban J connectivity index is 0.000000282. The summed E-state index contributed by atoms with van der Waals surface area (Å²) in [7, 11) is 1.85. The van der Waals surface area contributed by atoms with E-state index < -0.39 is 52.4 Å². The number of aliphatic hydroxyl groups excluding tert-OH is 2. The van der Waals surface area contributed by atoms with Gasteiger partial charge in [-0.2, -0.15) is 0 Å². The molecule has 0 radical (unpaired) electrons. The number of fused-ring (bicyclic) bond motifs is 5. The fraction of sp³-hybridized carbons (Fsp3) is 0.606. The fourth-order valence-corrected chi connectivity index (χ4v) is 8.77. The van der Waals surface area contributed by atoms with E-state index in [0.717, 1.165) is 5.56 Å². The highest BCUT2D eigenvalue weighted by atomic mass is 35.5. The average Bonchev–Trinajstić information content (AvgIpc) is 3.15. The van der Waals surface area contributed by atoms with Gasteiger partial charge in [0.2, 0.25) is 0 Å². The Hall–Kier alpha value is -2.14. The zero-order valence-corrected chi connectivity index (χ0v) is 27.4. The molecule has 1 aromatic carbocycles. The van der Waals surface area contributed by atoms with E-state index in [2.05, 4.69) is 5.32 Å². The smallest absolute Gasteiger partial charge is 0.308 e. The molecule has 3 saturated carbocycles. The van der Waals surface area contributed by atoms with Gasteiger partial charge >= 0.3 is 5.97 Å². The molecule has 244 valence electrons. The number of carbonyl (C=O) groups excluding carboxylic acids is 3. The van der Waals surface area contributed by atoms with Gasteiger partial charge in [0.25, 0.3) is 0 Å². The number of esters is 1. The number of alkyl halides is 2. The van der Waals surface area contributed by atoms with E-state index in [-0.39, 0.29) is 41.9 Å². The van der Waals surface area contributed by atoms with Gasteiger partial charge < -0.3 is 25.4 Å². The molecule has 1 aromatic rings.